The van der Waals surface area contributed by atoms with Gasteiger partial charge in [0.05, 0.1) is 18.6 Å². The summed E-state index contributed by atoms with van der Waals surface area (Å²) in [6, 6.07) is 4.62. The molecule has 1 aliphatic rings. The van der Waals surface area contributed by atoms with Gasteiger partial charge in [-0.2, -0.15) is 0 Å². The molecule has 1 fully saturated rings. The maximum atomic E-state index is 11.8. The van der Waals surface area contributed by atoms with Crippen LogP contribution in [0.5, 0.6) is 0 Å². The minimum absolute atomic E-state index is 0.0115. The van der Waals surface area contributed by atoms with Crippen LogP contribution < -0.4 is 4.90 Å². The average Bonchev–Trinajstić information content (AvgIpc) is 2.79. The summed E-state index contributed by atoms with van der Waals surface area (Å²) in [5, 5.41) is 11.1. The van der Waals surface area contributed by atoms with Crippen molar-refractivity contribution in [3.05, 3.63) is 33.9 Å². The molecule has 7 nitrogen and oxygen atoms in total. The Morgan fingerprint density at radius 1 is 1.39 bits per heavy atom. The van der Waals surface area contributed by atoms with E-state index in [1.807, 2.05) is 0 Å². The van der Waals surface area contributed by atoms with Crippen LogP contribution in [0.3, 0.4) is 0 Å². The molecule has 0 unspecified atom stereocenters. The fourth-order valence-electron chi connectivity index (χ4n) is 2.99. The van der Waals surface area contributed by atoms with Crippen LogP contribution >= 0.6 is 0 Å². The van der Waals surface area contributed by atoms with E-state index < -0.39 is 10.9 Å². The lowest BCUT2D eigenvalue weighted by molar-refractivity contribution is -0.385. The van der Waals surface area contributed by atoms with Crippen LogP contribution in [0.25, 0.3) is 0 Å². The average molecular weight is 322 g/mol. The Hall–Kier alpha value is -2.15. The highest BCUT2D eigenvalue weighted by Gasteiger charge is 2.24. The molecule has 1 aromatic carbocycles. The maximum absolute atomic E-state index is 11.8. The molecule has 1 saturated heterocycles. The van der Waals surface area contributed by atoms with E-state index in [9.17, 15) is 14.9 Å². The number of esters is 1. The monoisotopic (exact) mass is 322 g/mol. The molecule has 1 heterocycles. The summed E-state index contributed by atoms with van der Waals surface area (Å²) in [5.41, 5.74) is 0.561. The van der Waals surface area contributed by atoms with Crippen LogP contribution in [0.15, 0.2) is 18.2 Å². The molecular weight excluding hydrogens is 300 g/mol. The van der Waals surface area contributed by atoms with E-state index in [2.05, 4.69) is 9.64 Å². The smallest absolute Gasteiger partial charge is 0.344 e. The summed E-state index contributed by atoms with van der Waals surface area (Å²) in [5.74, 6) is -0.277. The molecule has 0 bridgehead atoms. The Kier molecular flexibility index (Phi) is 5.92. The maximum Gasteiger partial charge on any atom is 0.344 e. The number of benzene rings is 1. The van der Waals surface area contributed by atoms with Gasteiger partial charge in [-0.15, -0.1) is 0 Å². The molecule has 0 spiro atoms. The summed E-state index contributed by atoms with van der Waals surface area (Å²) in [4.78, 5) is 24.5. The molecule has 1 aromatic rings. The largest absolute Gasteiger partial charge is 0.465 e. The molecule has 0 saturated carbocycles. The minimum Gasteiger partial charge on any atom is -0.465 e. The van der Waals surface area contributed by atoms with Crippen molar-refractivity contribution < 1.29 is 19.2 Å². The Morgan fingerprint density at radius 2 is 2.17 bits per heavy atom. The molecule has 0 radical (unpaired) electrons. The van der Waals surface area contributed by atoms with E-state index in [1.54, 1.807) is 19.2 Å². The Labute approximate surface area is 135 Å². The summed E-state index contributed by atoms with van der Waals surface area (Å²) in [6.07, 6.45) is 3.27. The number of hydrogen-bond acceptors (Lipinski definition) is 6. The Morgan fingerprint density at radius 3 is 2.83 bits per heavy atom. The van der Waals surface area contributed by atoms with E-state index in [1.165, 1.54) is 13.2 Å². The highest BCUT2D eigenvalue weighted by Crippen LogP contribution is 2.28. The molecule has 0 aliphatic carbocycles. The van der Waals surface area contributed by atoms with Gasteiger partial charge in [-0.25, -0.2) is 4.79 Å². The third kappa shape index (κ3) is 4.19. The number of nitrogens with zero attached hydrogens (tertiary/aromatic N) is 2. The van der Waals surface area contributed by atoms with Gasteiger partial charge in [0.25, 0.3) is 5.69 Å². The number of carbonyl (C=O) groups is 1. The summed E-state index contributed by atoms with van der Waals surface area (Å²) >= 11 is 0. The molecule has 0 aromatic heterocycles. The Bertz CT molecular complexity index is 576. The lowest BCUT2D eigenvalue weighted by atomic mass is 10.0. The van der Waals surface area contributed by atoms with Crippen molar-refractivity contribution in [1.29, 1.82) is 0 Å². The van der Waals surface area contributed by atoms with Crippen LogP contribution in [-0.2, 0) is 9.47 Å². The van der Waals surface area contributed by atoms with Crippen LogP contribution in [0.1, 0.15) is 29.6 Å². The Balaban J connectivity index is 2.31. The predicted molar refractivity (Wildman–Crippen MR) is 85.9 cm³/mol. The zero-order valence-electron chi connectivity index (χ0n) is 13.5. The standard InChI is InChI=1S/C16H22N2O5/c1-22-11-12-5-3-4-8-17(10-12)13-6-7-15(18(20)21)14(9-13)16(19)23-2/h6-7,9,12H,3-5,8,10-11H2,1-2H3/t12-/m0/s1. The summed E-state index contributed by atoms with van der Waals surface area (Å²) < 4.78 is 9.93. The van der Waals surface area contributed by atoms with Gasteiger partial charge in [0.2, 0.25) is 0 Å². The zero-order chi connectivity index (χ0) is 16.8. The third-order valence-electron chi connectivity index (χ3n) is 4.12. The van der Waals surface area contributed by atoms with Crippen LogP contribution in [0.2, 0.25) is 0 Å². The number of methoxy groups -OCH3 is 2. The first kappa shape index (κ1) is 17.2. The zero-order valence-corrected chi connectivity index (χ0v) is 13.5. The van der Waals surface area contributed by atoms with Crippen molar-refractivity contribution >= 4 is 17.3 Å². The number of nitro groups is 1. The van der Waals surface area contributed by atoms with Crippen molar-refractivity contribution in [2.75, 3.05) is 38.8 Å². The van der Waals surface area contributed by atoms with Gasteiger partial charge in [0, 0.05) is 32.0 Å². The van der Waals surface area contributed by atoms with Gasteiger partial charge in [-0.3, -0.25) is 10.1 Å². The first-order valence-electron chi connectivity index (χ1n) is 7.67. The van der Waals surface area contributed by atoms with E-state index in [-0.39, 0.29) is 11.3 Å². The quantitative estimate of drug-likeness (QED) is 0.471. The molecule has 1 atom stereocenters. The fourth-order valence-corrected chi connectivity index (χ4v) is 2.99. The topological polar surface area (TPSA) is 81.9 Å². The number of anilines is 1. The molecule has 7 heteroatoms. The number of nitro benzene ring substituents is 1. The molecule has 0 amide bonds. The van der Waals surface area contributed by atoms with Crippen LogP contribution in [-0.4, -0.2) is 44.8 Å². The normalized spacial score (nSPS) is 18.3. The molecule has 126 valence electrons. The van der Waals surface area contributed by atoms with Crippen LogP contribution in [0, 0.1) is 16.0 Å². The molecule has 23 heavy (non-hydrogen) atoms. The number of hydrogen-bond donors (Lipinski definition) is 0. The van der Waals surface area contributed by atoms with Gasteiger partial charge in [0.15, 0.2) is 0 Å². The second-order valence-corrected chi connectivity index (χ2v) is 5.71. The van der Waals surface area contributed by atoms with Gasteiger partial charge in [0.1, 0.15) is 5.56 Å². The number of ether oxygens (including phenoxy) is 2. The molecular formula is C16H22N2O5. The van der Waals surface area contributed by atoms with Gasteiger partial charge in [-0.05, 0) is 30.9 Å². The highest BCUT2D eigenvalue weighted by atomic mass is 16.6. The second kappa shape index (κ2) is 7.92. The first-order valence-corrected chi connectivity index (χ1v) is 7.67. The van der Waals surface area contributed by atoms with Crippen molar-refractivity contribution in [2.24, 2.45) is 5.92 Å². The summed E-state index contributed by atoms with van der Waals surface area (Å²) in [6.45, 7) is 2.36. The van der Waals surface area contributed by atoms with Crippen molar-refractivity contribution in [3.8, 4) is 0 Å². The van der Waals surface area contributed by atoms with E-state index in [4.69, 9.17) is 4.74 Å². The first-order chi connectivity index (χ1) is 11.1. The summed E-state index contributed by atoms with van der Waals surface area (Å²) in [7, 11) is 2.91. The van der Waals surface area contributed by atoms with Crippen molar-refractivity contribution in [2.45, 2.75) is 19.3 Å². The lowest BCUT2D eigenvalue weighted by Gasteiger charge is -2.26. The highest BCUT2D eigenvalue weighted by molar-refractivity contribution is 5.95. The number of rotatable bonds is 5. The van der Waals surface area contributed by atoms with Gasteiger partial charge < -0.3 is 14.4 Å². The van der Waals surface area contributed by atoms with E-state index in [0.717, 1.165) is 38.0 Å². The van der Waals surface area contributed by atoms with Gasteiger partial charge in [-0.1, -0.05) is 6.42 Å². The molecule has 0 N–H and O–H groups in total. The van der Waals surface area contributed by atoms with Crippen molar-refractivity contribution in [1.82, 2.24) is 0 Å². The molecule has 2 rings (SSSR count). The number of carbonyl (C=O) groups excluding carboxylic acids is 1. The van der Waals surface area contributed by atoms with Crippen molar-refractivity contribution in [3.63, 3.8) is 0 Å². The fraction of sp³-hybridized carbons (Fsp3) is 0.562. The van der Waals surface area contributed by atoms with E-state index >= 15 is 0 Å². The second-order valence-electron chi connectivity index (χ2n) is 5.71. The predicted octanol–water partition coefficient (Wildman–Crippen LogP) is 2.63. The lowest BCUT2D eigenvalue weighted by Crippen LogP contribution is -2.30. The SMILES string of the molecule is COC[C@H]1CCCCN(c2ccc([N+](=O)[O-])c(C(=O)OC)c2)C1. The van der Waals surface area contributed by atoms with Crippen LogP contribution in [0.4, 0.5) is 11.4 Å². The molecule has 1 aliphatic heterocycles. The third-order valence-corrected chi connectivity index (χ3v) is 4.12. The van der Waals surface area contributed by atoms with E-state index in [0.29, 0.717) is 12.5 Å². The minimum atomic E-state index is -0.693. The van der Waals surface area contributed by atoms with Gasteiger partial charge >= 0.3 is 5.97 Å².